The second-order valence-electron chi connectivity index (χ2n) is 8.42. The van der Waals surface area contributed by atoms with Crippen molar-refractivity contribution in [2.45, 2.75) is 6.92 Å². The maximum atomic E-state index is 13.0. The van der Waals surface area contributed by atoms with Crippen LogP contribution in [0, 0.1) is 3.57 Å². The molecule has 1 N–H and O–H groups in total. The molecule has 0 saturated carbocycles. The number of piperazine rings is 1. The number of halogens is 1. The molecule has 12 heteroatoms. The molecule has 2 aliphatic heterocycles. The topological polar surface area (TPSA) is 117 Å². The summed E-state index contributed by atoms with van der Waals surface area (Å²) in [6.07, 6.45) is 1.56. The summed E-state index contributed by atoms with van der Waals surface area (Å²) in [7, 11) is 0. The first-order valence-electron chi connectivity index (χ1n) is 11.9. The monoisotopic (exact) mass is 651 g/mol. The van der Waals surface area contributed by atoms with Crippen LogP contribution in [-0.2, 0) is 14.4 Å². The standard InChI is InChI=1S/C26H26IN3O7S/c1-2-36-20-13-17(12-19(27)24(20)37-16-23(32)33)14-21-25(34)30(26(35)38-21)15-22(31)29-10-8-28(9-11-29)18-6-4-3-5-7-18/h3-7,12-14H,2,8-11,15-16H2,1H3,(H,32,33)/b21-14+. The molecule has 2 fully saturated rings. The molecule has 0 bridgehead atoms. The number of carboxylic acids is 1. The first-order valence-corrected chi connectivity index (χ1v) is 13.8. The van der Waals surface area contributed by atoms with E-state index in [9.17, 15) is 19.2 Å². The number of hydrogen-bond acceptors (Lipinski definition) is 8. The van der Waals surface area contributed by atoms with Crippen LogP contribution in [0.1, 0.15) is 12.5 Å². The van der Waals surface area contributed by atoms with Crippen molar-refractivity contribution < 1.29 is 33.8 Å². The van der Waals surface area contributed by atoms with Gasteiger partial charge >= 0.3 is 5.97 Å². The molecule has 2 aromatic carbocycles. The number of carbonyl (C=O) groups is 4. The summed E-state index contributed by atoms with van der Waals surface area (Å²) in [5, 5.41) is 8.43. The van der Waals surface area contributed by atoms with Crippen LogP contribution in [0.25, 0.3) is 6.08 Å². The third-order valence-electron chi connectivity index (χ3n) is 5.89. The highest BCUT2D eigenvalue weighted by Crippen LogP contribution is 2.37. The molecule has 2 heterocycles. The van der Waals surface area contributed by atoms with Crippen molar-refractivity contribution in [2.75, 3.05) is 50.8 Å². The van der Waals surface area contributed by atoms with Gasteiger partial charge in [0.2, 0.25) is 5.91 Å². The first-order chi connectivity index (χ1) is 18.3. The van der Waals surface area contributed by atoms with E-state index in [0.717, 1.165) is 22.3 Å². The first kappa shape index (κ1) is 27.8. The average Bonchev–Trinajstić information content (AvgIpc) is 3.16. The van der Waals surface area contributed by atoms with E-state index in [0.29, 0.717) is 47.7 Å². The Hall–Kier alpha value is -3.26. The maximum Gasteiger partial charge on any atom is 0.341 e. The second kappa shape index (κ2) is 12.5. The van der Waals surface area contributed by atoms with Crippen molar-refractivity contribution in [3.05, 3.63) is 56.5 Å². The number of carbonyl (C=O) groups excluding carboxylic acids is 3. The van der Waals surface area contributed by atoms with E-state index < -0.39 is 23.7 Å². The highest BCUT2D eigenvalue weighted by Gasteiger charge is 2.37. The quantitative estimate of drug-likeness (QED) is 0.321. The minimum atomic E-state index is -1.12. The van der Waals surface area contributed by atoms with Crippen LogP contribution in [0.2, 0.25) is 0 Å². The molecule has 0 aliphatic carbocycles. The Kier molecular flexibility index (Phi) is 9.15. The fraction of sp³-hybridized carbons (Fsp3) is 0.308. The Morgan fingerprint density at radius 3 is 2.45 bits per heavy atom. The van der Waals surface area contributed by atoms with Gasteiger partial charge in [-0.2, -0.15) is 0 Å². The lowest BCUT2D eigenvalue weighted by Crippen LogP contribution is -2.51. The smallest absolute Gasteiger partial charge is 0.341 e. The molecule has 0 unspecified atom stereocenters. The van der Waals surface area contributed by atoms with Gasteiger partial charge in [-0.1, -0.05) is 18.2 Å². The van der Waals surface area contributed by atoms with Crippen molar-refractivity contribution >= 4 is 69.1 Å². The molecule has 2 saturated heterocycles. The third-order valence-corrected chi connectivity index (χ3v) is 7.60. The van der Waals surface area contributed by atoms with Crippen LogP contribution in [0.3, 0.4) is 0 Å². The van der Waals surface area contributed by atoms with E-state index in [1.54, 1.807) is 30.0 Å². The highest BCUT2D eigenvalue weighted by molar-refractivity contribution is 14.1. The lowest BCUT2D eigenvalue weighted by Gasteiger charge is -2.36. The largest absolute Gasteiger partial charge is 0.490 e. The summed E-state index contributed by atoms with van der Waals surface area (Å²) < 4.78 is 11.6. The van der Waals surface area contributed by atoms with Gasteiger partial charge in [0.05, 0.1) is 15.1 Å². The van der Waals surface area contributed by atoms with E-state index in [4.69, 9.17) is 14.6 Å². The van der Waals surface area contributed by atoms with E-state index in [-0.39, 0.29) is 23.1 Å². The van der Waals surface area contributed by atoms with Crippen LogP contribution in [0.4, 0.5) is 10.5 Å². The second-order valence-corrected chi connectivity index (χ2v) is 10.6. The number of nitrogens with zero attached hydrogens (tertiary/aromatic N) is 3. The zero-order valence-electron chi connectivity index (χ0n) is 20.6. The van der Waals surface area contributed by atoms with Gasteiger partial charge in [-0.3, -0.25) is 19.3 Å². The molecule has 2 aromatic rings. The van der Waals surface area contributed by atoms with Crippen LogP contribution in [0.15, 0.2) is 47.4 Å². The van der Waals surface area contributed by atoms with Crippen molar-refractivity contribution in [1.82, 2.24) is 9.80 Å². The highest BCUT2D eigenvalue weighted by atomic mass is 127. The Bertz CT molecular complexity index is 1260. The molecule has 3 amide bonds. The summed E-state index contributed by atoms with van der Waals surface area (Å²) in [5.41, 5.74) is 1.67. The molecule has 0 radical (unpaired) electrons. The van der Waals surface area contributed by atoms with Gasteiger partial charge in [0, 0.05) is 31.9 Å². The number of aliphatic carboxylic acids is 1. The third kappa shape index (κ3) is 6.59. The minimum Gasteiger partial charge on any atom is -0.490 e. The number of amides is 3. The summed E-state index contributed by atoms with van der Waals surface area (Å²) in [6.45, 7) is 3.63. The van der Waals surface area contributed by atoms with Crippen LogP contribution < -0.4 is 14.4 Å². The number of hydrogen-bond donors (Lipinski definition) is 1. The fourth-order valence-corrected chi connectivity index (χ4v) is 5.70. The number of benzene rings is 2. The number of anilines is 1. The predicted molar refractivity (Wildman–Crippen MR) is 151 cm³/mol. The molecule has 0 spiro atoms. The number of ether oxygens (including phenoxy) is 2. The van der Waals surface area contributed by atoms with Crippen molar-refractivity contribution in [3.8, 4) is 11.5 Å². The number of thioether (sulfide) groups is 1. The lowest BCUT2D eigenvalue weighted by atomic mass is 10.2. The summed E-state index contributed by atoms with van der Waals surface area (Å²) in [4.78, 5) is 54.5. The Morgan fingerprint density at radius 1 is 1.08 bits per heavy atom. The van der Waals surface area contributed by atoms with Crippen LogP contribution in [-0.4, -0.2) is 83.9 Å². The van der Waals surface area contributed by atoms with Gasteiger partial charge in [-0.15, -0.1) is 0 Å². The van der Waals surface area contributed by atoms with Crippen molar-refractivity contribution in [1.29, 1.82) is 0 Å². The van der Waals surface area contributed by atoms with Gasteiger partial charge in [0.1, 0.15) is 6.54 Å². The predicted octanol–water partition coefficient (Wildman–Crippen LogP) is 3.54. The van der Waals surface area contributed by atoms with Crippen molar-refractivity contribution in [2.24, 2.45) is 0 Å². The van der Waals surface area contributed by atoms with E-state index in [1.807, 2.05) is 52.9 Å². The fourth-order valence-electron chi connectivity index (χ4n) is 4.08. The molecule has 0 atom stereocenters. The number of rotatable bonds is 9. The molecule has 2 aliphatic rings. The van der Waals surface area contributed by atoms with Gasteiger partial charge in [0.25, 0.3) is 11.1 Å². The van der Waals surface area contributed by atoms with E-state index in [1.165, 1.54) is 0 Å². The molecule has 4 rings (SSSR count). The molecule has 200 valence electrons. The number of para-hydroxylation sites is 1. The zero-order chi connectivity index (χ0) is 27.2. The molecule has 10 nitrogen and oxygen atoms in total. The molecule has 0 aromatic heterocycles. The zero-order valence-corrected chi connectivity index (χ0v) is 23.6. The maximum absolute atomic E-state index is 13.0. The van der Waals surface area contributed by atoms with E-state index >= 15 is 0 Å². The minimum absolute atomic E-state index is 0.189. The Labute approximate surface area is 237 Å². The summed E-state index contributed by atoms with van der Waals surface area (Å²) >= 11 is 2.77. The lowest BCUT2D eigenvalue weighted by molar-refractivity contribution is -0.139. The van der Waals surface area contributed by atoms with E-state index in [2.05, 4.69) is 4.90 Å². The van der Waals surface area contributed by atoms with Gasteiger partial charge in [-0.05, 0) is 77.2 Å². The van der Waals surface area contributed by atoms with Crippen LogP contribution in [0.5, 0.6) is 11.5 Å². The van der Waals surface area contributed by atoms with Gasteiger partial charge < -0.3 is 24.4 Å². The van der Waals surface area contributed by atoms with Crippen LogP contribution >= 0.6 is 34.4 Å². The van der Waals surface area contributed by atoms with Gasteiger partial charge in [0.15, 0.2) is 18.1 Å². The number of imide groups is 1. The normalized spacial score (nSPS) is 16.8. The van der Waals surface area contributed by atoms with Crippen molar-refractivity contribution in [3.63, 3.8) is 0 Å². The number of carboxylic acid groups (broad SMARTS) is 1. The average molecular weight is 651 g/mol. The summed E-state index contributed by atoms with van der Waals surface area (Å²) in [5.74, 6) is -1.30. The molecular formula is C26H26IN3O7S. The van der Waals surface area contributed by atoms with Gasteiger partial charge in [-0.25, -0.2) is 4.79 Å². The Balaban J connectivity index is 1.42. The summed E-state index contributed by atoms with van der Waals surface area (Å²) in [6, 6.07) is 13.3. The SMILES string of the molecule is CCOc1cc(/C=C2/SC(=O)N(CC(=O)N3CCN(c4ccccc4)CC3)C2=O)cc(I)c1OCC(=O)O. The Morgan fingerprint density at radius 2 is 1.79 bits per heavy atom. The molecule has 38 heavy (non-hydrogen) atoms. The molecular weight excluding hydrogens is 625 g/mol.